The standard InChI is InChI=1S/C54H36N4O/c1-54(2)44-24-11-9-21-39(44)41-31-42-40-22-10-12-25-46(40)58(47(42)32-45(41)54)37-27-28-48-43(30-37)50-38(23-14-26-49(50)59-48)35-19-13-20-36(29-35)53-56-51(33-15-5-3-6-16-33)55-52(57-53)34-17-7-4-8-18-34/h3-32H,1-2H3. The third-order valence-electron chi connectivity index (χ3n) is 12.2. The van der Waals surface area contributed by atoms with Crippen molar-refractivity contribution in [1.29, 1.82) is 0 Å². The second kappa shape index (κ2) is 12.7. The zero-order chi connectivity index (χ0) is 39.2. The molecule has 0 spiro atoms. The molecule has 5 nitrogen and oxygen atoms in total. The van der Waals surface area contributed by atoms with E-state index >= 15 is 0 Å². The minimum atomic E-state index is -0.108. The average molecular weight is 757 g/mol. The summed E-state index contributed by atoms with van der Waals surface area (Å²) in [6.07, 6.45) is 0. The Hall–Kier alpha value is -7.63. The van der Waals surface area contributed by atoms with Gasteiger partial charge in [-0.15, -0.1) is 0 Å². The largest absolute Gasteiger partial charge is 0.456 e. The highest BCUT2D eigenvalue weighted by Gasteiger charge is 2.36. The van der Waals surface area contributed by atoms with E-state index in [9.17, 15) is 0 Å². The van der Waals surface area contributed by atoms with Gasteiger partial charge in [-0.1, -0.05) is 147 Å². The van der Waals surface area contributed by atoms with E-state index in [1.807, 2.05) is 60.7 Å². The molecule has 8 aromatic carbocycles. The van der Waals surface area contributed by atoms with Crippen molar-refractivity contribution in [2.24, 2.45) is 0 Å². The number of benzene rings is 8. The van der Waals surface area contributed by atoms with E-state index in [4.69, 9.17) is 19.4 Å². The lowest BCUT2D eigenvalue weighted by Gasteiger charge is -2.21. The number of furan rings is 1. The number of para-hydroxylation sites is 1. The van der Waals surface area contributed by atoms with E-state index in [-0.39, 0.29) is 5.41 Å². The zero-order valence-electron chi connectivity index (χ0n) is 32.5. The summed E-state index contributed by atoms with van der Waals surface area (Å²) in [6, 6.07) is 64.1. The Labute approximate surface area is 340 Å². The van der Waals surface area contributed by atoms with Crippen molar-refractivity contribution in [3.05, 3.63) is 193 Å². The van der Waals surface area contributed by atoms with Gasteiger partial charge in [0.1, 0.15) is 11.2 Å². The van der Waals surface area contributed by atoms with Crippen LogP contribution in [0.1, 0.15) is 25.0 Å². The van der Waals surface area contributed by atoms with Crippen molar-refractivity contribution < 1.29 is 4.42 Å². The van der Waals surface area contributed by atoms with Gasteiger partial charge >= 0.3 is 0 Å². The molecule has 1 aliphatic rings. The van der Waals surface area contributed by atoms with Crippen LogP contribution in [0, 0.1) is 0 Å². The fourth-order valence-corrected chi connectivity index (χ4v) is 9.40. The molecule has 0 radical (unpaired) electrons. The number of aromatic nitrogens is 4. The summed E-state index contributed by atoms with van der Waals surface area (Å²) in [7, 11) is 0. The molecule has 11 aromatic rings. The molecule has 0 bridgehead atoms. The molecule has 278 valence electrons. The maximum Gasteiger partial charge on any atom is 0.164 e. The lowest BCUT2D eigenvalue weighted by Crippen LogP contribution is -2.14. The summed E-state index contributed by atoms with van der Waals surface area (Å²) in [5, 5.41) is 4.64. The van der Waals surface area contributed by atoms with Crippen molar-refractivity contribution in [3.8, 4) is 62.1 Å². The molecule has 0 unspecified atom stereocenters. The van der Waals surface area contributed by atoms with Gasteiger partial charge in [0.25, 0.3) is 0 Å². The van der Waals surface area contributed by atoms with Crippen LogP contribution in [-0.2, 0) is 5.41 Å². The molecular weight excluding hydrogens is 721 g/mol. The van der Waals surface area contributed by atoms with Crippen LogP contribution in [0.2, 0.25) is 0 Å². The fraction of sp³-hybridized carbons (Fsp3) is 0.0556. The van der Waals surface area contributed by atoms with Crippen LogP contribution < -0.4 is 0 Å². The van der Waals surface area contributed by atoms with E-state index in [1.165, 1.54) is 44.1 Å². The Bertz CT molecular complexity index is 3410. The van der Waals surface area contributed by atoms with Crippen molar-refractivity contribution in [3.63, 3.8) is 0 Å². The molecule has 0 fully saturated rings. The number of hydrogen-bond donors (Lipinski definition) is 0. The molecule has 3 heterocycles. The van der Waals surface area contributed by atoms with Gasteiger partial charge in [-0.3, -0.25) is 0 Å². The molecule has 0 aliphatic heterocycles. The summed E-state index contributed by atoms with van der Waals surface area (Å²) in [5.74, 6) is 1.90. The number of nitrogens with zero attached hydrogens (tertiary/aromatic N) is 4. The summed E-state index contributed by atoms with van der Waals surface area (Å²) >= 11 is 0. The topological polar surface area (TPSA) is 56.7 Å². The predicted molar refractivity (Wildman–Crippen MR) is 241 cm³/mol. The van der Waals surface area contributed by atoms with E-state index in [2.05, 4.69) is 140 Å². The molecule has 12 rings (SSSR count). The molecule has 0 N–H and O–H groups in total. The van der Waals surface area contributed by atoms with Crippen LogP contribution in [0.3, 0.4) is 0 Å². The molecule has 0 amide bonds. The number of rotatable bonds is 5. The normalized spacial score (nSPS) is 13.1. The van der Waals surface area contributed by atoms with Crippen LogP contribution in [-0.4, -0.2) is 19.5 Å². The number of hydrogen-bond acceptors (Lipinski definition) is 4. The van der Waals surface area contributed by atoms with E-state index in [0.29, 0.717) is 17.5 Å². The van der Waals surface area contributed by atoms with Crippen LogP contribution in [0.25, 0.3) is 106 Å². The van der Waals surface area contributed by atoms with E-state index < -0.39 is 0 Å². The first-order valence-electron chi connectivity index (χ1n) is 20.1. The quantitative estimate of drug-likeness (QED) is 0.175. The zero-order valence-corrected chi connectivity index (χ0v) is 32.5. The minimum Gasteiger partial charge on any atom is -0.456 e. The van der Waals surface area contributed by atoms with Crippen molar-refractivity contribution in [1.82, 2.24) is 19.5 Å². The minimum absolute atomic E-state index is 0.108. The van der Waals surface area contributed by atoms with Gasteiger partial charge in [-0.05, 0) is 81.9 Å². The summed E-state index contributed by atoms with van der Waals surface area (Å²) in [4.78, 5) is 15.0. The van der Waals surface area contributed by atoms with Crippen LogP contribution in [0.15, 0.2) is 186 Å². The summed E-state index contributed by atoms with van der Waals surface area (Å²) in [6.45, 7) is 4.70. The van der Waals surface area contributed by atoms with Crippen LogP contribution >= 0.6 is 0 Å². The Morgan fingerprint density at radius 1 is 0.407 bits per heavy atom. The van der Waals surface area contributed by atoms with Gasteiger partial charge in [0.15, 0.2) is 17.5 Å². The van der Waals surface area contributed by atoms with Crippen LogP contribution in [0.5, 0.6) is 0 Å². The van der Waals surface area contributed by atoms with Crippen LogP contribution in [0.4, 0.5) is 0 Å². The van der Waals surface area contributed by atoms with E-state index in [0.717, 1.165) is 55.4 Å². The first-order valence-corrected chi connectivity index (χ1v) is 20.1. The van der Waals surface area contributed by atoms with E-state index in [1.54, 1.807) is 0 Å². The smallest absolute Gasteiger partial charge is 0.164 e. The van der Waals surface area contributed by atoms with Gasteiger partial charge in [-0.25, -0.2) is 15.0 Å². The Balaban J connectivity index is 1.03. The third-order valence-corrected chi connectivity index (χ3v) is 12.2. The molecule has 1 aliphatic carbocycles. The fourth-order valence-electron chi connectivity index (χ4n) is 9.40. The second-order valence-corrected chi connectivity index (χ2v) is 16.0. The first kappa shape index (κ1) is 33.5. The second-order valence-electron chi connectivity index (χ2n) is 16.0. The average Bonchev–Trinajstić information content (AvgIpc) is 3.91. The first-order chi connectivity index (χ1) is 29.0. The van der Waals surface area contributed by atoms with Gasteiger partial charge in [0.05, 0.1) is 11.0 Å². The molecular formula is C54H36N4O. The monoisotopic (exact) mass is 756 g/mol. The van der Waals surface area contributed by atoms with Gasteiger partial charge in [-0.2, -0.15) is 0 Å². The highest BCUT2D eigenvalue weighted by molar-refractivity contribution is 6.15. The highest BCUT2D eigenvalue weighted by atomic mass is 16.3. The Morgan fingerprint density at radius 2 is 1.03 bits per heavy atom. The van der Waals surface area contributed by atoms with Crippen molar-refractivity contribution in [2.45, 2.75) is 19.3 Å². The highest BCUT2D eigenvalue weighted by Crippen LogP contribution is 2.51. The van der Waals surface area contributed by atoms with Gasteiger partial charge < -0.3 is 8.98 Å². The lowest BCUT2D eigenvalue weighted by atomic mass is 9.82. The maximum absolute atomic E-state index is 6.59. The maximum atomic E-state index is 6.59. The third kappa shape index (κ3) is 5.14. The molecule has 3 aromatic heterocycles. The Kier molecular flexibility index (Phi) is 7.20. The summed E-state index contributed by atoms with van der Waals surface area (Å²) < 4.78 is 9.02. The molecule has 59 heavy (non-hydrogen) atoms. The lowest BCUT2D eigenvalue weighted by molar-refractivity contribution is 0.661. The van der Waals surface area contributed by atoms with Gasteiger partial charge in [0, 0.05) is 49.3 Å². The molecule has 0 saturated carbocycles. The van der Waals surface area contributed by atoms with Gasteiger partial charge in [0.2, 0.25) is 0 Å². The Morgan fingerprint density at radius 3 is 1.81 bits per heavy atom. The van der Waals surface area contributed by atoms with Crippen molar-refractivity contribution in [2.75, 3.05) is 0 Å². The molecule has 0 saturated heterocycles. The SMILES string of the molecule is CC1(C)c2ccccc2-c2cc3c4ccccc4n(-c4ccc5oc6cccc(-c7cccc(-c8nc(-c9ccccc9)nc(-c9ccccc9)n8)c7)c6c5c4)c3cc21. The predicted octanol–water partition coefficient (Wildman–Crippen LogP) is 13.8. The van der Waals surface area contributed by atoms with Crippen molar-refractivity contribution >= 4 is 43.7 Å². The molecule has 0 atom stereocenters. The number of fused-ring (bicyclic) bond motifs is 9. The molecule has 5 heteroatoms. The summed E-state index contributed by atoms with van der Waals surface area (Å²) in [5.41, 5.74) is 15.4.